The van der Waals surface area contributed by atoms with Gasteiger partial charge in [0.05, 0.1) is 0 Å². The smallest absolute Gasteiger partial charge is 0.225 e. The lowest BCUT2D eigenvalue weighted by atomic mass is 10.2. The van der Waals surface area contributed by atoms with E-state index >= 15 is 0 Å². The monoisotopic (exact) mass is 436 g/mol. The number of rotatable bonds is 6. The van der Waals surface area contributed by atoms with E-state index in [0.717, 1.165) is 44.5 Å². The number of amides is 1. The molecule has 0 saturated carbocycles. The van der Waals surface area contributed by atoms with Gasteiger partial charge in [0.2, 0.25) is 11.9 Å². The molecule has 2 aromatic rings. The number of para-hydroxylation sites is 1. The van der Waals surface area contributed by atoms with Crippen LogP contribution < -0.4 is 20.4 Å². The summed E-state index contributed by atoms with van der Waals surface area (Å²) in [5.74, 6) is 1.65. The molecule has 0 radical (unpaired) electrons. The molecule has 1 atom stereocenters. The Morgan fingerprint density at radius 3 is 2.50 bits per heavy atom. The summed E-state index contributed by atoms with van der Waals surface area (Å²) in [7, 11) is 1.77. The molecule has 170 valence electrons. The minimum Gasteiger partial charge on any atom is -0.369 e. The molecule has 3 heterocycles. The average molecular weight is 437 g/mol. The van der Waals surface area contributed by atoms with Gasteiger partial charge in [-0.2, -0.15) is 0 Å². The van der Waals surface area contributed by atoms with Crippen LogP contribution in [0.25, 0.3) is 0 Å². The number of piperazine rings is 1. The number of nitrogens with one attached hydrogen (secondary N) is 2. The molecule has 9 nitrogen and oxygen atoms in total. The Morgan fingerprint density at radius 1 is 1.03 bits per heavy atom. The van der Waals surface area contributed by atoms with E-state index in [1.807, 2.05) is 17.0 Å². The highest BCUT2D eigenvalue weighted by Gasteiger charge is 2.24. The molecular formula is C23H32N8O. The number of carbonyl (C=O) groups is 1. The highest BCUT2D eigenvalue weighted by atomic mass is 16.2. The zero-order chi connectivity index (χ0) is 22.2. The average Bonchev–Trinajstić information content (AvgIpc) is 3.33. The summed E-state index contributed by atoms with van der Waals surface area (Å²) in [5.41, 5.74) is 1.25. The van der Waals surface area contributed by atoms with E-state index in [4.69, 9.17) is 0 Å². The van der Waals surface area contributed by atoms with Crippen LogP contribution in [-0.4, -0.2) is 85.6 Å². The molecule has 9 heteroatoms. The first-order valence-electron chi connectivity index (χ1n) is 11.3. The second kappa shape index (κ2) is 10.8. The summed E-state index contributed by atoms with van der Waals surface area (Å²) in [6, 6.07) is 12.6. The zero-order valence-electron chi connectivity index (χ0n) is 18.7. The Morgan fingerprint density at radius 2 is 1.78 bits per heavy atom. The number of hydrogen-bond donors (Lipinski definition) is 2. The van der Waals surface area contributed by atoms with Gasteiger partial charge in [0.15, 0.2) is 5.96 Å². The lowest BCUT2D eigenvalue weighted by Gasteiger charge is -2.34. The van der Waals surface area contributed by atoms with Crippen LogP contribution in [-0.2, 0) is 4.79 Å². The molecule has 0 aliphatic carbocycles. The Balaban J connectivity index is 1.16. The molecular weight excluding hydrogens is 404 g/mol. The highest BCUT2D eigenvalue weighted by Crippen LogP contribution is 2.19. The fourth-order valence-electron chi connectivity index (χ4n) is 4.20. The lowest BCUT2D eigenvalue weighted by Crippen LogP contribution is -2.50. The van der Waals surface area contributed by atoms with E-state index in [1.54, 1.807) is 19.4 Å². The van der Waals surface area contributed by atoms with Gasteiger partial charge in [0, 0.05) is 83.4 Å². The van der Waals surface area contributed by atoms with Crippen LogP contribution in [0.1, 0.15) is 12.8 Å². The minimum absolute atomic E-state index is 0.165. The quantitative estimate of drug-likeness (QED) is 0.515. The van der Waals surface area contributed by atoms with Crippen LogP contribution >= 0.6 is 0 Å². The SMILES string of the molecule is CN=C(NCCC(=O)N1CCN(c2ncccn2)CC1)NC1CCN(c2ccccc2)C1. The fraction of sp³-hybridized carbons (Fsp3) is 0.478. The van der Waals surface area contributed by atoms with Gasteiger partial charge in [-0.25, -0.2) is 9.97 Å². The van der Waals surface area contributed by atoms with Gasteiger partial charge >= 0.3 is 0 Å². The number of guanidine groups is 1. The van der Waals surface area contributed by atoms with Gasteiger partial charge in [-0.1, -0.05) is 18.2 Å². The molecule has 1 aromatic heterocycles. The third kappa shape index (κ3) is 5.66. The molecule has 0 spiro atoms. The van der Waals surface area contributed by atoms with Crippen molar-refractivity contribution >= 4 is 23.5 Å². The van der Waals surface area contributed by atoms with Crippen molar-refractivity contribution in [3.8, 4) is 0 Å². The van der Waals surface area contributed by atoms with Crippen molar-refractivity contribution in [1.82, 2.24) is 25.5 Å². The van der Waals surface area contributed by atoms with Crippen molar-refractivity contribution in [3.63, 3.8) is 0 Å². The van der Waals surface area contributed by atoms with Crippen LogP contribution in [0, 0.1) is 0 Å². The normalized spacial score (nSPS) is 19.2. The Labute approximate surface area is 189 Å². The van der Waals surface area contributed by atoms with Crippen LogP contribution in [0.5, 0.6) is 0 Å². The highest BCUT2D eigenvalue weighted by molar-refractivity contribution is 5.81. The number of aromatic nitrogens is 2. The topological polar surface area (TPSA) is 89.0 Å². The molecule has 1 aromatic carbocycles. The van der Waals surface area contributed by atoms with Crippen LogP contribution in [0.3, 0.4) is 0 Å². The van der Waals surface area contributed by atoms with Gasteiger partial charge < -0.3 is 25.3 Å². The van der Waals surface area contributed by atoms with E-state index in [-0.39, 0.29) is 5.91 Å². The van der Waals surface area contributed by atoms with Crippen LogP contribution in [0.15, 0.2) is 53.8 Å². The van der Waals surface area contributed by atoms with Crippen LogP contribution in [0.2, 0.25) is 0 Å². The first-order valence-corrected chi connectivity index (χ1v) is 11.3. The zero-order valence-corrected chi connectivity index (χ0v) is 18.7. The second-order valence-electron chi connectivity index (χ2n) is 8.08. The molecule has 2 saturated heterocycles. The largest absolute Gasteiger partial charge is 0.369 e. The van der Waals surface area contributed by atoms with Gasteiger partial charge in [0.1, 0.15) is 0 Å². The summed E-state index contributed by atoms with van der Waals surface area (Å²) < 4.78 is 0. The summed E-state index contributed by atoms with van der Waals surface area (Å²) in [6.07, 6.45) is 5.00. The maximum absolute atomic E-state index is 12.6. The second-order valence-corrected chi connectivity index (χ2v) is 8.08. The van der Waals surface area contributed by atoms with E-state index < -0.39 is 0 Å². The molecule has 1 unspecified atom stereocenters. The van der Waals surface area contributed by atoms with E-state index in [1.165, 1.54) is 5.69 Å². The number of aliphatic imine (C=N–C) groups is 1. The fourth-order valence-corrected chi connectivity index (χ4v) is 4.20. The first-order chi connectivity index (χ1) is 15.7. The number of anilines is 2. The molecule has 2 aliphatic heterocycles. The lowest BCUT2D eigenvalue weighted by molar-refractivity contribution is -0.131. The number of nitrogens with zero attached hydrogens (tertiary/aromatic N) is 6. The predicted octanol–water partition coefficient (Wildman–Crippen LogP) is 0.959. The molecule has 1 amide bonds. The molecule has 4 rings (SSSR count). The molecule has 0 bridgehead atoms. The van der Waals surface area contributed by atoms with E-state index in [2.05, 4.69) is 59.7 Å². The van der Waals surface area contributed by atoms with Crippen LogP contribution in [0.4, 0.5) is 11.6 Å². The molecule has 2 aliphatic rings. The van der Waals surface area contributed by atoms with E-state index in [0.29, 0.717) is 32.1 Å². The Kier molecular flexibility index (Phi) is 7.37. The van der Waals surface area contributed by atoms with Gasteiger partial charge in [-0.3, -0.25) is 9.79 Å². The molecule has 2 N–H and O–H groups in total. The number of carbonyl (C=O) groups excluding carboxylic acids is 1. The third-order valence-corrected chi connectivity index (χ3v) is 5.97. The first kappa shape index (κ1) is 21.9. The summed E-state index contributed by atoms with van der Waals surface area (Å²) >= 11 is 0. The van der Waals surface area contributed by atoms with E-state index in [9.17, 15) is 4.79 Å². The van der Waals surface area contributed by atoms with Crippen molar-refractivity contribution in [2.24, 2.45) is 4.99 Å². The standard InChI is InChI=1S/C23H32N8O/c1-24-22(28-19-9-13-31(18-19)20-6-3-2-4-7-20)25-12-8-21(32)29-14-16-30(17-15-29)23-26-10-5-11-27-23/h2-7,10-11,19H,8-9,12-18H2,1H3,(H2,24,25,28). The minimum atomic E-state index is 0.165. The maximum atomic E-state index is 12.6. The summed E-state index contributed by atoms with van der Waals surface area (Å²) in [6.45, 7) is 5.44. The third-order valence-electron chi connectivity index (χ3n) is 5.97. The van der Waals surface area contributed by atoms with Crippen molar-refractivity contribution < 1.29 is 4.79 Å². The molecule has 32 heavy (non-hydrogen) atoms. The van der Waals surface area contributed by atoms with Crippen molar-refractivity contribution in [2.45, 2.75) is 18.9 Å². The number of hydrogen-bond acceptors (Lipinski definition) is 6. The summed E-state index contributed by atoms with van der Waals surface area (Å²) in [4.78, 5) is 32.0. The van der Waals surface area contributed by atoms with Crippen molar-refractivity contribution in [2.75, 3.05) is 62.7 Å². The summed E-state index contributed by atoms with van der Waals surface area (Å²) in [5, 5.41) is 6.79. The number of benzene rings is 1. The van der Waals surface area contributed by atoms with Crippen molar-refractivity contribution in [3.05, 3.63) is 48.8 Å². The van der Waals surface area contributed by atoms with Gasteiger partial charge in [0.25, 0.3) is 0 Å². The Hall–Kier alpha value is -3.36. The maximum Gasteiger partial charge on any atom is 0.225 e. The Bertz CT molecular complexity index is 883. The molecule has 2 fully saturated rings. The van der Waals surface area contributed by atoms with Crippen molar-refractivity contribution in [1.29, 1.82) is 0 Å². The predicted molar refractivity (Wildman–Crippen MR) is 127 cm³/mol. The van der Waals surface area contributed by atoms with Gasteiger partial charge in [-0.15, -0.1) is 0 Å². The van der Waals surface area contributed by atoms with Gasteiger partial charge in [-0.05, 0) is 24.6 Å².